The number of nitrogens with one attached hydrogen (secondary N) is 1. The van der Waals surface area contributed by atoms with Crippen molar-refractivity contribution in [2.24, 2.45) is 5.41 Å². The predicted molar refractivity (Wildman–Crippen MR) is 108 cm³/mol. The third-order valence-corrected chi connectivity index (χ3v) is 6.81. The zero-order valence-electron chi connectivity index (χ0n) is 15.9. The molecule has 1 unspecified atom stereocenters. The topological polar surface area (TPSA) is 83.4 Å². The van der Waals surface area contributed by atoms with Crippen LogP contribution in [0.2, 0.25) is 0 Å². The molecule has 1 amide bonds. The molecule has 2 saturated heterocycles. The standard InChI is InChI=1S/C21H26N4O2S/c22-10-18-7-17(11-23-18)12-24-13-19(26)9-21(15-24)2-4-25(5-3-21)20(27)8-16-1-6-28-14-16/h1,6-7,11,14,19,23,26H,2-5,8-9,12-13,15H2. The Bertz CT molecular complexity index is 846. The lowest BCUT2D eigenvalue weighted by Gasteiger charge is -2.49. The minimum atomic E-state index is -0.337. The van der Waals surface area contributed by atoms with E-state index < -0.39 is 0 Å². The molecule has 0 radical (unpaired) electrons. The van der Waals surface area contributed by atoms with Gasteiger partial charge in [-0.25, -0.2) is 0 Å². The quantitative estimate of drug-likeness (QED) is 0.828. The molecule has 2 aromatic rings. The lowest BCUT2D eigenvalue weighted by Crippen LogP contribution is -2.54. The maximum Gasteiger partial charge on any atom is 0.227 e. The number of rotatable bonds is 4. The molecule has 148 valence electrons. The van der Waals surface area contributed by atoms with Gasteiger partial charge in [0.2, 0.25) is 5.91 Å². The fraction of sp³-hybridized carbons (Fsp3) is 0.524. The number of likely N-dealkylation sites (tertiary alicyclic amines) is 2. The molecular weight excluding hydrogens is 372 g/mol. The van der Waals surface area contributed by atoms with Crippen molar-refractivity contribution in [3.63, 3.8) is 0 Å². The average Bonchev–Trinajstić information content (AvgIpc) is 3.33. The number of aromatic amines is 1. The number of aliphatic hydroxyl groups excluding tert-OH is 1. The Hall–Kier alpha value is -2.14. The summed E-state index contributed by atoms with van der Waals surface area (Å²) in [7, 11) is 0. The van der Waals surface area contributed by atoms with Crippen molar-refractivity contribution in [3.05, 3.63) is 45.9 Å². The van der Waals surface area contributed by atoms with Crippen molar-refractivity contribution in [1.29, 1.82) is 5.26 Å². The number of hydrogen-bond donors (Lipinski definition) is 2. The van der Waals surface area contributed by atoms with E-state index in [1.165, 1.54) is 0 Å². The first-order valence-corrected chi connectivity index (χ1v) is 10.8. The number of aromatic nitrogens is 1. The minimum absolute atomic E-state index is 0.0746. The smallest absolute Gasteiger partial charge is 0.227 e. The van der Waals surface area contributed by atoms with Crippen LogP contribution in [0.1, 0.15) is 36.1 Å². The van der Waals surface area contributed by atoms with Crippen molar-refractivity contribution in [2.75, 3.05) is 26.2 Å². The first-order valence-electron chi connectivity index (χ1n) is 9.82. The summed E-state index contributed by atoms with van der Waals surface area (Å²) in [5, 5.41) is 23.5. The Morgan fingerprint density at radius 3 is 2.89 bits per heavy atom. The summed E-state index contributed by atoms with van der Waals surface area (Å²) in [5.74, 6) is 0.206. The van der Waals surface area contributed by atoms with E-state index in [1.54, 1.807) is 11.3 Å². The Morgan fingerprint density at radius 2 is 2.21 bits per heavy atom. The molecular formula is C21H26N4O2S. The average molecular weight is 399 g/mol. The highest BCUT2D eigenvalue weighted by atomic mass is 32.1. The number of piperidine rings is 2. The van der Waals surface area contributed by atoms with E-state index in [9.17, 15) is 9.90 Å². The summed E-state index contributed by atoms with van der Waals surface area (Å²) in [6.45, 7) is 3.87. The molecule has 2 aliphatic rings. The highest BCUT2D eigenvalue weighted by Crippen LogP contribution is 2.40. The maximum atomic E-state index is 12.6. The van der Waals surface area contributed by atoms with Crippen molar-refractivity contribution in [1.82, 2.24) is 14.8 Å². The van der Waals surface area contributed by atoms with Gasteiger partial charge in [0.25, 0.3) is 0 Å². The lowest BCUT2D eigenvalue weighted by atomic mass is 9.71. The number of nitrogens with zero attached hydrogens (tertiary/aromatic N) is 3. The second kappa shape index (κ2) is 8.08. The first-order chi connectivity index (χ1) is 13.5. The number of carbonyl (C=O) groups is 1. The van der Waals surface area contributed by atoms with Crippen LogP contribution in [0.15, 0.2) is 29.1 Å². The molecule has 0 aliphatic carbocycles. The van der Waals surface area contributed by atoms with Gasteiger partial charge >= 0.3 is 0 Å². The monoisotopic (exact) mass is 398 g/mol. The summed E-state index contributed by atoms with van der Waals surface area (Å²) < 4.78 is 0. The van der Waals surface area contributed by atoms with Crippen LogP contribution in [0, 0.1) is 16.7 Å². The predicted octanol–water partition coefficient (Wildman–Crippen LogP) is 2.37. The number of nitriles is 1. The molecule has 28 heavy (non-hydrogen) atoms. The van der Waals surface area contributed by atoms with E-state index in [0.29, 0.717) is 18.7 Å². The molecule has 1 spiro atoms. The van der Waals surface area contributed by atoms with Gasteiger partial charge in [0.1, 0.15) is 11.8 Å². The van der Waals surface area contributed by atoms with E-state index in [-0.39, 0.29) is 17.4 Å². The van der Waals surface area contributed by atoms with Gasteiger partial charge in [0.05, 0.1) is 12.5 Å². The molecule has 0 aromatic carbocycles. The minimum Gasteiger partial charge on any atom is -0.392 e. The van der Waals surface area contributed by atoms with Crippen LogP contribution >= 0.6 is 11.3 Å². The summed E-state index contributed by atoms with van der Waals surface area (Å²) >= 11 is 1.63. The van der Waals surface area contributed by atoms with Crippen molar-refractivity contribution < 1.29 is 9.90 Å². The second-order valence-corrected chi connectivity index (χ2v) is 9.03. The summed E-state index contributed by atoms with van der Waals surface area (Å²) in [4.78, 5) is 19.8. The Kier molecular flexibility index (Phi) is 5.54. The number of amides is 1. The number of H-pyrrole nitrogens is 1. The van der Waals surface area contributed by atoms with Crippen LogP contribution < -0.4 is 0 Å². The summed E-state index contributed by atoms with van der Waals surface area (Å²) in [5.41, 5.74) is 2.81. The molecule has 1 atom stereocenters. The van der Waals surface area contributed by atoms with Crippen LogP contribution in [0.4, 0.5) is 0 Å². The molecule has 0 bridgehead atoms. The van der Waals surface area contributed by atoms with Gasteiger partial charge in [-0.15, -0.1) is 0 Å². The molecule has 4 heterocycles. The van der Waals surface area contributed by atoms with Crippen LogP contribution in [-0.2, 0) is 17.8 Å². The molecule has 0 saturated carbocycles. The van der Waals surface area contributed by atoms with Crippen molar-refractivity contribution in [2.45, 2.75) is 38.3 Å². The Balaban J connectivity index is 1.35. The lowest BCUT2D eigenvalue weighted by molar-refractivity contribution is -0.134. The number of β-amino-alcohol motifs (C(OH)–C–C–N with tert-alkyl or cyclic N) is 1. The second-order valence-electron chi connectivity index (χ2n) is 8.25. The molecule has 6 nitrogen and oxygen atoms in total. The zero-order chi connectivity index (χ0) is 19.6. The summed E-state index contributed by atoms with van der Waals surface area (Å²) in [6, 6.07) is 6.01. The fourth-order valence-electron chi connectivity index (χ4n) is 4.71. The highest BCUT2D eigenvalue weighted by Gasteiger charge is 2.42. The van der Waals surface area contributed by atoms with Gasteiger partial charge < -0.3 is 15.0 Å². The van der Waals surface area contributed by atoms with E-state index in [0.717, 1.165) is 56.6 Å². The molecule has 2 fully saturated rings. The van der Waals surface area contributed by atoms with E-state index in [1.807, 2.05) is 34.0 Å². The molecule has 7 heteroatoms. The van der Waals surface area contributed by atoms with Crippen LogP contribution in [0.5, 0.6) is 0 Å². The highest BCUT2D eigenvalue weighted by molar-refractivity contribution is 7.08. The molecule has 2 aliphatic heterocycles. The number of hydrogen-bond acceptors (Lipinski definition) is 5. The Labute approximate surface area is 169 Å². The summed E-state index contributed by atoms with van der Waals surface area (Å²) in [6.07, 6.45) is 4.71. The van der Waals surface area contributed by atoms with Gasteiger partial charge in [0, 0.05) is 38.9 Å². The van der Waals surface area contributed by atoms with Gasteiger partial charge in [-0.3, -0.25) is 9.69 Å². The van der Waals surface area contributed by atoms with Gasteiger partial charge in [0.15, 0.2) is 0 Å². The zero-order valence-corrected chi connectivity index (χ0v) is 16.7. The molecule has 2 N–H and O–H groups in total. The number of thiophene rings is 1. The third kappa shape index (κ3) is 4.30. The van der Waals surface area contributed by atoms with Crippen molar-refractivity contribution >= 4 is 17.2 Å². The van der Waals surface area contributed by atoms with E-state index in [4.69, 9.17) is 5.26 Å². The number of aliphatic hydroxyl groups is 1. The van der Waals surface area contributed by atoms with Crippen LogP contribution in [-0.4, -0.2) is 58.1 Å². The maximum absolute atomic E-state index is 12.6. The van der Waals surface area contributed by atoms with Crippen LogP contribution in [0.25, 0.3) is 0 Å². The Morgan fingerprint density at radius 1 is 1.39 bits per heavy atom. The SMILES string of the molecule is N#Cc1cc(CN2CC(O)CC3(CCN(C(=O)Cc4ccsc4)CC3)C2)c[nH]1. The van der Waals surface area contributed by atoms with E-state index >= 15 is 0 Å². The van der Waals surface area contributed by atoms with Gasteiger partial charge in [-0.05, 0) is 58.7 Å². The van der Waals surface area contributed by atoms with E-state index in [2.05, 4.69) is 16.0 Å². The molecule has 4 rings (SSSR count). The number of carbonyl (C=O) groups excluding carboxylic acids is 1. The largest absolute Gasteiger partial charge is 0.392 e. The third-order valence-electron chi connectivity index (χ3n) is 6.08. The van der Waals surface area contributed by atoms with Gasteiger partial charge in [-0.2, -0.15) is 16.6 Å². The molecule has 2 aromatic heterocycles. The van der Waals surface area contributed by atoms with Gasteiger partial charge in [-0.1, -0.05) is 0 Å². The first kappa shape index (κ1) is 19.2. The van der Waals surface area contributed by atoms with Crippen molar-refractivity contribution in [3.8, 4) is 6.07 Å². The van der Waals surface area contributed by atoms with Crippen LogP contribution in [0.3, 0.4) is 0 Å². The fourth-order valence-corrected chi connectivity index (χ4v) is 5.38. The normalized spacial score (nSPS) is 22.3.